The van der Waals surface area contributed by atoms with Crippen molar-refractivity contribution in [3.8, 4) is 11.1 Å². The number of carbonyl (C=O) groups is 1. The van der Waals surface area contributed by atoms with Gasteiger partial charge in [-0.2, -0.15) is 13.2 Å². The molecule has 0 aliphatic heterocycles. The first kappa shape index (κ1) is 17.0. The summed E-state index contributed by atoms with van der Waals surface area (Å²) in [6, 6.07) is 8.50. The standard InChI is InChI=1S/C16H15F3N2O2/c1-23-15(22)13(20)8-10-2-4-11(5-3-10)12-6-7-21-14(9-12)16(17,18)19/h2-7,9,13H,8,20H2,1H3/t13-/m0/s1. The van der Waals surface area contributed by atoms with Crippen LogP contribution in [0.1, 0.15) is 11.3 Å². The van der Waals surface area contributed by atoms with E-state index in [1.807, 2.05) is 0 Å². The lowest BCUT2D eigenvalue weighted by molar-refractivity contribution is -0.142. The zero-order valence-corrected chi connectivity index (χ0v) is 12.3. The molecule has 0 aliphatic rings. The number of aromatic nitrogens is 1. The number of alkyl halides is 3. The highest BCUT2D eigenvalue weighted by atomic mass is 19.4. The van der Waals surface area contributed by atoms with Crippen molar-refractivity contribution in [3.05, 3.63) is 53.9 Å². The zero-order chi connectivity index (χ0) is 17.0. The van der Waals surface area contributed by atoms with Crippen molar-refractivity contribution in [1.29, 1.82) is 0 Å². The number of ether oxygens (including phenoxy) is 1. The summed E-state index contributed by atoms with van der Waals surface area (Å²) in [5, 5.41) is 0. The van der Waals surface area contributed by atoms with Crippen LogP contribution in [0.4, 0.5) is 13.2 Å². The third kappa shape index (κ3) is 4.29. The maximum atomic E-state index is 12.7. The quantitative estimate of drug-likeness (QED) is 0.878. The monoisotopic (exact) mass is 324 g/mol. The lowest BCUT2D eigenvalue weighted by Crippen LogP contribution is -2.33. The summed E-state index contributed by atoms with van der Waals surface area (Å²) >= 11 is 0. The molecule has 2 aromatic rings. The molecule has 1 aromatic heterocycles. The third-order valence-corrected chi connectivity index (χ3v) is 3.30. The third-order valence-electron chi connectivity index (χ3n) is 3.30. The molecule has 0 spiro atoms. The van der Waals surface area contributed by atoms with Crippen LogP contribution in [0.3, 0.4) is 0 Å². The average molecular weight is 324 g/mol. The maximum absolute atomic E-state index is 12.7. The smallest absolute Gasteiger partial charge is 0.433 e. The van der Waals surface area contributed by atoms with Gasteiger partial charge in [-0.25, -0.2) is 0 Å². The van der Waals surface area contributed by atoms with Crippen LogP contribution in [-0.4, -0.2) is 24.1 Å². The molecule has 7 heteroatoms. The lowest BCUT2D eigenvalue weighted by Gasteiger charge is -2.10. The van der Waals surface area contributed by atoms with E-state index in [0.717, 1.165) is 17.8 Å². The van der Waals surface area contributed by atoms with Crippen LogP contribution >= 0.6 is 0 Å². The van der Waals surface area contributed by atoms with Gasteiger partial charge in [0.15, 0.2) is 0 Å². The fourth-order valence-corrected chi connectivity index (χ4v) is 2.09. The van der Waals surface area contributed by atoms with Crippen LogP contribution in [0.2, 0.25) is 0 Å². The highest BCUT2D eigenvalue weighted by molar-refractivity contribution is 5.75. The molecule has 0 bridgehead atoms. The number of carbonyl (C=O) groups excluding carboxylic acids is 1. The minimum atomic E-state index is -4.48. The van der Waals surface area contributed by atoms with Gasteiger partial charge in [0, 0.05) is 6.20 Å². The van der Waals surface area contributed by atoms with E-state index in [1.165, 1.54) is 13.2 Å². The molecular formula is C16H15F3N2O2. The van der Waals surface area contributed by atoms with Gasteiger partial charge >= 0.3 is 12.1 Å². The molecule has 122 valence electrons. The van der Waals surface area contributed by atoms with Crippen LogP contribution < -0.4 is 5.73 Å². The summed E-state index contributed by atoms with van der Waals surface area (Å²) in [4.78, 5) is 14.6. The minimum absolute atomic E-state index is 0.289. The predicted molar refractivity (Wildman–Crippen MR) is 78.4 cm³/mol. The minimum Gasteiger partial charge on any atom is -0.468 e. The Balaban J connectivity index is 2.18. The first-order valence-electron chi connectivity index (χ1n) is 6.77. The number of hydrogen-bond donors (Lipinski definition) is 1. The molecule has 0 aliphatic carbocycles. The SMILES string of the molecule is COC(=O)[C@@H](N)Cc1ccc(-c2ccnc(C(F)(F)F)c2)cc1. The topological polar surface area (TPSA) is 65.2 Å². The summed E-state index contributed by atoms with van der Waals surface area (Å²) in [7, 11) is 1.26. The van der Waals surface area contributed by atoms with Gasteiger partial charge in [-0.1, -0.05) is 24.3 Å². The van der Waals surface area contributed by atoms with E-state index < -0.39 is 23.9 Å². The Kier molecular flexibility index (Phi) is 5.00. The molecule has 2 rings (SSSR count). The number of nitrogens with zero attached hydrogens (tertiary/aromatic N) is 1. The summed E-state index contributed by atoms with van der Waals surface area (Å²) in [5.41, 5.74) is 6.55. The Morgan fingerprint density at radius 1 is 1.22 bits per heavy atom. The molecule has 0 saturated carbocycles. The number of nitrogens with two attached hydrogens (primary N) is 1. The molecule has 0 saturated heterocycles. The Labute approximate surface area is 131 Å². The molecule has 23 heavy (non-hydrogen) atoms. The summed E-state index contributed by atoms with van der Waals surface area (Å²) < 4.78 is 42.6. The first-order chi connectivity index (χ1) is 10.8. The van der Waals surface area contributed by atoms with Crippen molar-refractivity contribution in [2.75, 3.05) is 7.11 Å². The highest BCUT2D eigenvalue weighted by Crippen LogP contribution is 2.30. The van der Waals surface area contributed by atoms with Crippen LogP contribution in [0, 0.1) is 0 Å². The van der Waals surface area contributed by atoms with Gasteiger partial charge in [0.2, 0.25) is 0 Å². The lowest BCUT2D eigenvalue weighted by atomic mass is 10.0. The summed E-state index contributed by atoms with van der Waals surface area (Å²) in [6.45, 7) is 0. The van der Waals surface area contributed by atoms with Gasteiger partial charge in [0.1, 0.15) is 11.7 Å². The van der Waals surface area contributed by atoms with Crippen LogP contribution in [0.15, 0.2) is 42.6 Å². The second-order valence-electron chi connectivity index (χ2n) is 4.96. The molecule has 1 aromatic carbocycles. The highest BCUT2D eigenvalue weighted by Gasteiger charge is 2.32. The molecule has 0 amide bonds. The van der Waals surface area contributed by atoms with Crippen molar-refractivity contribution in [2.24, 2.45) is 5.73 Å². The first-order valence-corrected chi connectivity index (χ1v) is 6.77. The molecule has 2 N–H and O–H groups in total. The molecule has 1 heterocycles. The number of benzene rings is 1. The summed E-state index contributed by atoms with van der Waals surface area (Å²) in [6.07, 6.45) is -3.07. The Morgan fingerprint density at radius 3 is 2.43 bits per heavy atom. The average Bonchev–Trinajstić information content (AvgIpc) is 2.54. The normalized spacial score (nSPS) is 12.7. The van der Waals surface area contributed by atoms with E-state index in [9.17, 15) is 18.0 Å². The molecule has 0 fully saturated rings. The number of hydrogen-bond acceptors (Lipinski definition) is 4. The van der Waals surface area contributed by atoms with Crippen LogP contribution in [0.25, 0.3) is 11.1 Å². The Morgan fingerprint density at radius 2 is 1.87 bits per heavy atom. The second-order valence-corrected chi connectivity index (χ2v) is 4.96. The fraction of sp³-hybridized carbons (Fsp3) is 0.250. The largest absolute Gasteiger partial charge is 0.468 e. The zero-order valence-electron chi connectivity index (χ0n) is 12.3. The van der Waals surface area contributed by atoms with Gasteiger partial charge in [-0.05, 0) is 35.2 Å². The van der Waals surface area contributed by atoms with E-state index in [4.69, 9.17) is 5.73 Å². The Bertz CT molecular complexity index is 684. The molecule has 1 atom stereocenters. The molecular weight excluding hydrogens is 309 g/mol. The van der Waals surface area contributed by atoms with Gasteiger partial charge in [-0.3, -0.25) is 9.78 Å². The van der Waals surface area contributed by atoms with Gasteiger partial charge in [0.05, 0.1) is 7.11 Å². The second kappa shape index (κ2) is 6.78. The maximum Gasteiger partial charge on any atom is 0.433 e. The van der Waals surface area contributed by atoms with E-state index in [2.05, 4.69) is 9.72 Å². The number of rotatable bonds is 4. The number of pyridine rings is 1. The predicted octanol–water partition coefficient (Wildman–Crippen LogP) is 2.81. The van der Waals surface area contributed by atoms with E-state index in [-0.39, 0.29) is 6.42 Å². The van der Waals surface area contributed by atoms with E-state index >= 15 is 0 Å². The van der Waals surface area contributed by atoms with Crippen LogP contribution in [-0.2, 0) is 22.1 Å². The van der Waals surface area contributed by atoms with Crippen molar-refractivity contribution in [1.82, 2.24) is 4.98 Å². The van der Waals surface area contributed by atoms with Crippen LogP contribution in [0.5, 0.6) is 0 Å². The number of esters is 1. The number of halogens is 3. The van der Waals surface area contributed by atoms with Gasteiger partial charge in [-0.15, -0.1) is 0 Å². The summed E-state index contributed by atoms with van der Waals surface area (Å²) in [5.74, 6) is -0.516. The number of methoxy groups -OCH3 is 1. The van der Waals surface area contributed by atoms with Gasteiger partial charge < -0.3 is 10.5 Å². The molecule has 0 unspecified atom stereocenters. The van der Waals surface area contributed by atoms with Crippen molar-refractivity contribution >= 4 is 5.97 Å². The van der Waals surface area contributed by atoms with Gasteiger partial charge in [0.25, 0.3) is 0 Å². The van der Waals surface area contributed by atoms with Crippen molar-refractivity contribution in [2.45, 2.75) is 18.6 Å². The Hall–Kier alpha value is -2.41. The van der Waals surface area contributed by atoms with Crippen molar-refractivity contribution < 1.29 is 22.7 Å². The van der Waals surface area contributed by atoms with E-state index in [1.54, 1.807) is 24.3 Å². The fourth-order valence-electron chi connectivity index (χ4n) is 2.09. The van der Waals surface area contributed by atoms with E-state index in [0.29, 0.717) is 11.1 Å². The molecule has 0 radical (unpaired) electrons. The molecule has 4 nitrogen and oxygen atoms in total. The van der Waals surface area contributed by atoms with Crippen molar-refractivity contribution in [3.63, 3.8) is 0 Å².